The first-order chi connectivity index (χ1) is 21.4. The van der Waals surface area contributed by atoms with Crippen molar-refractivity contribution in [2.24, 2.45) is 5.41 Å². The zero-order valence-corrected chi connectivity index (χ0v) is 26.2. The van der Waals surface area contributed by atoms with E-state index in [4.69, 9.17) is 29.0 Å². The summed E-state index contributed by atoms with van der Waals surface area (Å²) in [5.41, 5.74) is 4.79. The molecule has 15 nitrogen and oxygen atoms in total. The Morgan fingerprint density at radius 3 is 2.69 bits per heavy atom. The van der Waals surface area contributed by atoms with E-state index in [1.54, 1.807) is 38.1 Å². The number of carbonyl (C=O) groups is 1. The van der Waals surface area contributed by atoms with Crippen molar-refractivity contribution in [1.82, 2.24) is 24.6 Å². The zero-order chi connectivity index (χ0) is 32.5. The number of nitrogens with two attached hydrogens (primary N) is 1. The predicted octanol–water partition coefficient (Wildman–Crippen LogP) is 3.49. The molecule has 5 rings (SSSR count). The summed E-state index contributed by atoms with van der Waals surface area (Å²) in [5, 5.41) is 25.6. The standard InChI is InChI=1S/C29H34N7O8P/c1-16(2)42-26(38)17(3)35-45(39,44-20-12-8-10-18-9-6-7-11-19(18)20)41-13-21-23(37)29(4,14-30)27(43-21)36-15-32-22-24(36)33-28(31)34-25(22)40-5/h6-12,15-17,21,23,27,37H,13H2,1-5H3,(H,35,39)(H2,31,33,34)/t17-,21+,23+,27+,29+,45?/m0/s1. The van der Waals surface area contributed by atoms with E-state index in [2.05, 4.69) is 26.1 Å². The zero-order valence-electron chi connectivity index (χ0n) is 25.3. The third-order valence-corrected chi connectivity index (χ3v) is 8.94. The Kier molecular flexibility index (Phi) is 8.97. The number of ether oxygens (including phenoxy) is 3. The maximum Gasteiger partial charge on any atom is 0.459 e. The van der Waals surface area contributed by atoms with Crippen molar-refractivity contribution in [3.8, 4) is 17.7 Å². The highest BCUT2D eigenvalue weighted by Crippen LogP contribution is 2.50. The van der Waals surface area contributed by atoms with E-state index in [1.807, 2.05) is 18.2 Å². The van der Waals surface area contributed by atoms with Crippen LogP contribution in [0.3, 0.4) is 0 Å². The predicted molar refractivity (Wildman–Crippen MR) is 162 cm³/mol. The molecule has 2 aromatic carbocycles. The first-order valence-electron chi connectivity index (χ1n) is 14.1. The lowest BCUT2D eigenvalue weighted by atomic mass is 9.84. The molecule has 0 saturated carbocycles. The van der Waals surface area contributed by atoms with Gasteiger partial charge in [0.1, 0.15) is 29.4 Å². The number of benzene rings is 2. The van der Waals surface area contributed by atoms with E-state index < -0.39 is 56.3 Å². The highest BCUT2D eigenvalue weighted by Gasteiger charge is 2.56. The highest BCUT2D eigenvalue weighted by atomic mass is 31.2. The first-order valence-corrected chi connectivity index (χ1v) is 15.6. The normalized spacial score (nSPS) is 23.5. The summed E-state index contributed by atoms with van der Waals surface area (Å²) in [6.45, 7) is 5.85. The van der Waals surface area contributed by atoms with Crippen LogP contribution in [-0.2, 0) is 23.4 Å². The molecular weight excluding hydrogens is 605 g/mol. The first kappa shape index (κ1) is 32.1. The smallest absolute Gasteiger partial charge is 0.459 e. The van der Waals surface area contributed by atoms with Gasteiger partial charge in [0.15, 0.2) is 17.4 Å². The summed E-state index contributed by atoms with van der Waals surface area (Å²) in [4.78, 5) is 25.2. The lowest BCUT2D eigenvalue weighted by Gasteiger charge is -2.26. The van der Waals surface area contributed by atoms with Crippen molar-refractivity contribution in [3.05, 3.63) is 48.8 Å². The fraction of sp³-hybridized carbons (Fsp3) is 0.414. The number of carbonyl (C=O) groups excluding carboxylic acids is 1. The number of rotatable bonds is 11. The molecule has 6 atom stereocenters. The molecule has 238 valence electrons. The minimum atomic E-state index is -4.36. The van der Waals surface area contributed by atoms with Gasteiger partial charge in [-0.05, 0) is 39.1 Å². The average Bonchev–Trinajstić information content (AvgIpc) is 3.53. The molecule has 4 aromatic rings. The molecule has 1 aliphatic rings. The molecule has 2 aromatic heterocycles. The molecule has 0 bridgehead atoms. The van der Waals surface area contributed by atoms with Crippen molar-refractivity contribution in [1.29, 1.82) is 5.26 Å². The quantitative estimate of drug-likeness (QED) is 0.159. The number of aromatic nitrogens is 4. The van der Waals surface area contributed by atoms with Gasteiger partial charge in [0.05, 0.1) is 32.2 Å². The van der Waals surface area contributed by atoms with E-state index in [0.717, 1.165) is 5.39 Å². The van der Waals surface area contributed by atoms with Crippen molar-refractivity contribution in [3.63, 3.8) is 0 Å². The van der Waals surface area contributed by atoms with Crippen molar-refractivity contribution in [2.75, 3.05) is 19.5 Å². The number of nitrogens with zero attached hydrogens (tertiary/aromatic N) is 5. The summed E-state index contributed by atoms with van der Waals surface area (Å²) in [7, 11) is -2.96. The van der Waals surface area contributed by atoms with Crippen molar-refractivity contribution in [2.45, 2.75) is 58.3 Å². The largest absolute Gasteiger partial charge is 0.479 e. The fourth-order valence-corrected chi connectivity index (χ4v) is 6.55. The molecule has 3 heterocycles. The SMILES string of the molecule is COc1nc(N)nc2c1ncn2[C@@H]1O[C@H](COP(=O)(N[C@@H](C)C(=O)OC(C)C)Oc2cccc3ccccc23)[C@@H](O)[C@@]1(C)C#N. The van der Waals surface area contributed by atoms with Gasteiger partial charge < -0.3 is 29.6 Å². The maximum absolute atomic E-state index is 14.3. The summed E-state index contributed by atoms with van der Waals surface area (Å²) in [6, 6.07) is 13.5. The van der Waals surface area contributed by atoms with Crippen LogP contribution in [0, 0.1) is 16.7 Å². The molecule has 0 spiro atoms. The van der Waals surface area contributed by atoms with E-state index in [0.29, 0.717) is 5.39 Å². The van der Waals surface area contributed by atoms with E-state index >= 15 is 0 Å². The summed E-state index contributed by atoms with van der Waals surface area (Å²) >= 11 is 0. The fourth-order valence-electron chi connectivity index (χ4n) is 5.03. The molecule has 1 fully saturated rings. The van der Waals surface area contributed by atoms with Gasteiger partial charge in [0.2, 0.25) is 11.8 Å². The van der Waals surface area contributed by atoms with Crippen LogP contribution in [-0.4, -0.2) is 68.7 Å². The number of aliphatic hydroxyl groups is 1. The number of nitriles is 1. The molecule has 1 aliphatic heterocycles. The van der Waals surface area contributed by atoms with Gasteiger partial charge in [-0.3, -0.25) is 13.9 Å². The number of nitrogens with one attached hydrogen (secondary N) is 1. The second-order valence-electron chi connectivity index (χ2n) is 11.0. The molecule has 1 unspecified atom stereocenters. The van der Waals surface area contributed by atoms with Crippen LogP contribution in [0.5, 0.6) is 11.6 Å². The minimum absolute atomic E-state index is 0.0964. The summed E-state index contributed by atoms with van der Waals surface area (Å²) in [6.07, 6.45) is -2.78. The summed E-state index contributed by atoms with van der Waals surface area (Å²) < 4.78 is 44.2. The van der Waals surface area contributed by atoms with Crippen LogP contribution in [0.15, 0.2) is 48.8 Å². The number of methoxy groups -OCH3 is 1. The van der Waals surface area contributed by atoms with Gasteiger partial charge in [-0.1, -0.05) is 36.4 Å². The number of esters is 1. The number of hydrogen-bond donors (Lipinski definition) is 3. The summed E-state index contributed by atoms with van der Waals surface area (Å²) in [5.74, 6) is -0.415. The van der Waals surface area contributed by atoms with Gasteiger partial charge in [-0.2, -0.15) is 20.3 Å². The number of hydrogen-bond acceptors (Lipinski definition) is 13. The molecule has 0 aliphatic carbocycles. The second kappa shape index (κ2) is 12.6. The van der Waals surface area contributed by atoms with Gasteiger partial charge in [0, 0.05) is 5.39 Å². The molecule has 0 amide bonds. The molecule has 45 heavy (non-hydrogen) atoms. The van der Waals surface area contributed by atoms with Crippen LogP contribution in [0.25, 0.3) is 21.9 Å². The van der Waals surface area contributed by atoms with Crippen LogP contribution in [0.4, 0.5) is 5.95 Å². The Hall–Kier alpha value is -4.32. The number of aliphatic hydroxyl groups excluding tert-OH is 1. The minimum Gasteiger partial charge on any atom is -0.479 e. The second-order valence-corrected chi connectivity index (χ2v) is 12.7. The van der Waals surface area contributed by atoms with E-state index in [1.165, 1.54) is 31.9 Å². The maximum atomic E-state index is 14.3. The Morgan fingerprint density at radius 1 is 1.24 bits per heavy atom. The number of anilines is 1. The van der Waals surface area contributed by atoms with Crippen LogP contribution >= 0.6 is 7.75 Å². The third-order valence-electron chi connectivity index (χ3n) is 7.31. The number of fused-ring (bicyclic) bond motifs is 2. The number of nitrogen functional groups attached to an aromatic ring is 1. The lowest BCUT2D eigenvalue weighted by Crippen LogP contribution is -2.39. The monoisotopic (exact) mass is 639 g/mol. The van der Waals surface area contributed by atoms with Crippen LogP contribution in [0.1, 0.15) is 33.9 Å². The molecule has 16 heteroatoms. The van der Waals surface area contributed by atoms with Crippen molar-refractivity contribution < 1.29 is 37.7 Å². The Balaban J connectivity index is 1.44. The molecular formula is C29H34N7O8P. The van der Waals surface area contributed by atoms with Crippen molar-refractivity contribution >= 4 is 41.6 Å². The van der Waals surface area contributed by atoms with Crippen LogP contribution < -0.4 is 20.1 Å². The van der Waals surface area contributed by atoms with Gasteiger partial charge >= 0.3 is 13.7 Å². The molecule has 1 saturated heterocycles. The van der Waals surface area contributed by atoms with E-state index in [-0.39, 0.29) is 28.7 Å². The average molecular weight is 640 g/mol. The lowest BCUT2D eigenvalue weighted by molar-refractivity contribution is -0.149. The Labute approximate surface area is 258 Å². The van der Waals surface area contributed by atoms with Gasteiger partial charge in [-0.25, -0.2) is 9.55 Å². The molecule has 0 radical (unpaired) electrons. The highest BCUT2D eigenvalue weighted by molar-refractivity contribution is 7.52. The van der Waals surface area contributed by atoms with Crippen LogP contribution in [0.2, 0.25) is 0 Å². The number of imidazole rings is 1. The van der Waals surface area contributed by atoms with Gasteiger partial charge in [-0.15, -0.1) is 0 Å². The molecule has 4 N–H and O–H groups in total. The van der Waals surface area contributed by atoms with Gasteiger partial charge in [0.25, 0.3) is 0 Å². The Bertz CT molecular complexity index is 1810. The third kappa shape index (κ3) is 6.28. The topological polar surface area (TPSA) is 206 Å². The van der Waals surface area contributed by atoms with E-state index in [9.17, 15) is 19.7 Å². The Morgan fingerprint density at radius 2 is 1.98 bits per heavy atom.